The van der Waals surface area contributed by atoms with Crippen molar-refractivity contribution in [3.8, 4) is 0 Å². The molecule has 0 spiro atoms. The minimum atomic E-state index is 0.240. The molecule has 0 saturated carbocycles. The van der Waals surface area contributed by atoms with Gasteiger partial charge in [0.2, 0.25) is 0 Å². The highest BCUT2D eigenvalue weighted by molar-refractivity contribution is 5.37. The highest BCUT2D eigenvalue weighted by Crippen LogP contribution is 2.24. The molecule has 1 heterocycles. The fraction of sp³-hybridized carbons (Fsp3) is 0.727. The summed E-state index contributed by atoms with van der Waals surface area (Å²) in [4.78, 5) is 4.36. The number of nitrogens with two attached hydrogens (primary N) is 1. The average molecular weight is 195 g/mol. The van der Waals surface area contributed by atoms with E-state index in [0.29, 0.717) is 6.04 Å². The Kier molecular flexibility index (Phi) is 2.88. The van der Waals surface area contributed by atoms with Crippen molar-refractivity contribution in [1.82, 2.24) is 9.55 Å². The SMILES string of the molecule is CC(C)n1cnc(CC(C)(C)C)c1N. The summed E-state index contributed by atoms with van der Waals surface area (Å²) in [6, 6.07) is 0.385. The maximum atomic E-state index is 6.01. The average Bonchev–Trinajstić information content (AvgIpc) is 2.29. The van der Waals surface area contributed by atoms with Crippen molar-refractivity contribution in [2.45, 2.75) is 47.1 Å². The van der Waals surface area contributed by atoms with Crippen LogP contribution in [0.25, 0.3) is 0 Å². The van der Waals surface area contributed by atoms with Gasteiger partial charge in [-0.25, -0.2) is 4.98 Å². The van der Waals surface area contributed by atoms with E-state index < -0.39 is 0 Å². The molecule has 1 rings (SSSR count). The molecule has 0 aliphatic heterocycles. The summed E-state index contributed by atoms with van der Waals surface area (Å²) in [6.07, 6.45) is 2.76. The lowest BCUT2D eigenvalue weighted by Gasteiger charge is -2.17. The van der Waals surface area contributed by atoms with E-state index in [4.69, 9.17) is 5.73 Å². The lowest BCUT2D eigenvalue weighted by molar-refractivity contribution is 0.407. The van der Waals surface area contributed by atoms with Crippen molar-refractivity contribution >= 4 is 5.82 Å². The van der Waals surface area contributed by atoms with Crippen LogP contribution < -0.4 is 5.73 Å². The summed E-state index contributed by atoms with van der Waals surface area (Å²) in [6.45, 7) is 10.8. The van der Waals surface area contributed by atoms with E-state index in [9.17, 15) is 0 Å². The van der Waals surface area contributed by atoms with E-state index in [1.165, 1.54) is 0 Å². The van der Waals surface area contributed by atoms with Gasteiger partial charge < -0.3 is 10.3 Å². The third kappa shape index (κ3) is 2.50. The molecular formula is C11H21N3. The van der Waals surface area contributed by atoms with Gasteiger partial charge in [-0.05, 0) is 25.7 Å². The number of nitrogen functional groups attached to an aromatic ring is 1. The smallest absolute Gasteiger partial charge is 0.126 e. The molecule has 0 aliphatic rings. The van der Waals surface area contributed by atoms with Crippen LogP contribution in [0.4, 0.5) is 5.82 Å². The van der Waals surface area contributed by atoms with Crippen LogP contribution in [0, 0.1) is 5.41 Å². The van der Waals surface area contributed by atoms with E-state index in [1.807, 2.05) is 10.9 Å². The van der Waals surface area contributed by atoms with E-state index in [0.717, 1.165) is 17.9 Å². The molecule has 0 atom stereocenters. The molecule has 1 aromatic heterocycles. The zero-order valence-electron chi connectivity index (χ0n) is 9.83. The lowest BCUT2D eigenvalue weighted by Crippen LogP contribution is -2.12. The van der Waals surface area contributed by atoms with Gasteiger partial charge in [-0.1, -0.05) is 20.8 Å². The first kappa shape index (κ1) is 11.1. The van der Waals surface area contributed by atoms with Crippen LogP contribution in [0.15, 0.2) is 6.33 Å². The van der Waals surface area contributed by atoms with Gasteiger partial charge in [0.05, 0.1) is 12.0 Å². The minimum Gasteiger partial charge on any atom is -0.384 e. The van der Waals surface area contributed by atoms with Crippen molar-refractivity contribution in [3.05, 3.63) is 12.0 Å². The molecule has 0 radical (unpaired) electrons. The van der Waals surface area contributed by atoms with Crippen molar-refractivity contribution in [3.63, 3.8) is 0 Å². The Morgan fingerprint density at radius 1 is 1.43 bits per heavy atom. The summed E-state index contributed by atoms with van der Waals surface area (Å²) in [7, 11) is 0. The Morgan fingerprint density at radius 3 is 2.36 bits per heavy atom. The van der Waals surface area contributed by atoms with Gasteiger partial charge in [0.1, 0.15) is 5.82 Å². The van der Waals surface area contributed by atoms with Gasteiger partial charge in [-0.2, -0.15) is 0 Å². The van der Waals surface area contributed by atoms with Gasteiger partial charge >= 0.3 is 0 Å². The third-order valence-electron chi connectivity index (χ3n) is 2.17. The number of aromatic nitrogens is 2. The monoisotopic (exact) mass is 195 g/mol. The van der Waals surface area contributed by atoms with Crippen molar-refractivity contribution in [1.29, 1.82) is 0 Å². The molecule has 3 nitrogen and oxygen atoms in total. The molecule has 0 aromatic carbocycles. The van der Waals surface area contributed by atoms with E-state index in [-0.39, 0.29) is 5.41 Å². The number of imidazole rings is 1. The maximum absolute atomic E-state index is 6.01. The van der Waals surface area contributed by atoms with Crippen LogP contribution >= 0.6 is 0 Å². The molecule has 0 amide bonds. The highest BCUT2D eigenvalue weighted by atomic mass is 15.1. The molecule has 0 fully saturated rings. The fourth-order valence-electron chi connectivity index (χ4n) is 1.46. The molecule has 0 aliphatic carbocycles. The first-order valence-electron chi connectivity index (χ1n) is 5.12. The Morgan fingerprint density at radius 2 is 2.00 bits per heavy atom. The number of anilines is 1. The second-order valence-electron chi connectivity index (χ2n) is 5.31. The molecule has 80 valence electrons. The minimum absolute atomic E-state index is 0.240. The number of nitrogens with zero attached hydrogens (tertiary/aromatic N) is 2. The summed E-state index contributed by atoms with van der Waals surface area (Å²) in [5.41, 5.74) is 7.27. The quantitative estimate of drug-likeness (QED) is 0.788. The zero-order valence-corrected chi connectivity index (χ0v) is 9.83. The number of rotatable bonds is 2. The Bertz CT molecular complexity index is 305. The predicted octanol–water partition coefficient (Wildman–Crippen LogP) is 2.63. The van der Waals surface area contributed by atoms with Gasteiger partial charge in [0, 0.05) is 6.04 Å². The Labute approximate surface area is 86.3 Å². The van der Waals surface area contributed by atoms with Crippen molar-refractivity contribution in [2.24, 2.45) is 5.41 Å². The van der Waals surface area contributed by atoms with Crippen LogP contribution in [0.3, 0.4) is 0 Å². The molecule has 1 aromatic rings. The summed E-state index contributed by atoms with van der Waals surface area (Å²) in [5.74, 6) is 0.815. The Hall–Kier alpha value is -0.990. The highest BCUT2D eigenvalue weighted by Gasteiger charge is 2.17. The second-order valence-corrected chi connectivity index (χ2v) is 5.31. The summed E-state index contributed by atoms with van der Waals surface area (Å²) >= 11 is 0. The van der Waals surface area contributed by atoms with Crippen LogP contribution in [-0.2, 0) is 6.42 Å². The first-order chi connectivity index (χ1) is 6.31. The molecular weight excluding hydrogens is 174 g/mol. The second kappa shape index (κ2) is 3.64. The van der Waals surface area contributed by atoms with Gasteiger partial charge in [-0.15, -0.1) is 0 Å². The number of hydrogen-bond donors (Lipinski definition) is 1. The summed E-state index contributed by atoms with van der Waals surface area (Å²) in [5, 5.41) is 0. The lowest BCUT2D eigenvalue weighted by atomic mass is 9.90. The predicted molar refractivity (Wildman–Crippen MR) is 60.2 cm³/mol. The maximum Gasteiger partial charge on any atom is 0.126 e. The largest absolute Gasteiger partial charge is 0.384 e. The van der Waals surface area contributed by atoms with Gasteiger partial charge in [0.25, 0.3) is 0 Å². The fourth-order valence-corrected chi connectivity index (χ4v) is 1.46. The van der Waals surface area contributed by atoms with E-state index in [2.05, 4.69) is 39.6 Å². The van der Waals surface area contributed by atoms with Crippen LogP contribution in [0.1, 0.15) is 46.4 Å². The zero-order chi connectivity index (χ0) is 10.9. The standard InChI is InChI=1S/C11H21N3/c1-8(2)14-7-13-9(10(14)12)6-11(3,4)5/h7-8H,6,12H2,1-5H3. The normalized spacial score (nSPS) is 12.4. The third-order valence-corrected chi connectivity index (χ3v) is 2.17. The molecule has 14 heavy (non-hydrogen) atoms. The van der Waals surface area contributed by atoms with Crippen LogP contribution in [0.2, 0.25) is 0 Å². The molecule has 0 saturated heterocycles. The van der Waals surface area contributed by atoms with Crippen molar-refractivity contribution < 1.29 is 0 Å². The topological polar surface area (TPSA) is 43.8 Å². The Balaban J connectivity index is 2.91. The van der Waals surface area contributed by atoms with Gasteiger partial charge in [-0.3, -0.25) is 0 Å². The van der Waals surface area contributed by atoms with Crippen molar-refractivity contribution in [2.75, 3.05) is 5.73 Å². The molecule has 0 unspecified atom stereocenters. The van der Waals surface area contributed by atoms with E-state index in [1.54, 1.807) is 0 Å². The molecule has 0 bridgehead atoms. The summed E-state index contributed by atoms with van der Waals surface area (Å²) < 4.78 is 2.01. The molecule has 3 heteroatoms. The van der Waals surface area contributed by atoms with E-state index >= 15 is 0 Å². The first-order valence-corrected chi connectivity index (χ1v) is 5.12. The van der Waals surface area contributed by atoms with Gasteiger partial charge in [0.15, 0.2) is 0 Å². The molecule has 2 N–H and O–H groups in total. The van der Waals surface area contributed by atoms with Crippen LogP contribution in [-0.4, -0.2) is 9.55 Å². The number of hydrogen-bond acceptors (Lipinski definition) is 2. The van der Waals surface area contributed by atoms with Crippen LogP contribution in [0.5, 0.6) is 0 Å².